The number of methoxy groups -OCH3 is 2. The Kier molecular flexibility index (Phi) is 9.58. The van der Waals surface area contributed by atoms with Gasteiger partial charge >= 0.3 is 0 Å². The van der Waals surface area contributed by atoms with Gasteiger partial charge in [-0.05, 0) is 46.5 Å². The fraction of sp³-hybridized carbons (Fsp3) is 0.562. The number of rotatable bonds is 8. The molecule has 1 aromatic carbocycles. The molecule has 7 heteroatoms. The summed E-state index contributed by atoms with van der Waals surface area (Å²) in [5.74, 6) is 1.25. The van der Waals surface area contributed by atoms with Gasteiger partial charge in [-0.3, -0.25) is 4.79 Å². The van der Waals surface area contributed by atoms with Crippen LogP contribution < -0.4 is 20.5 Å². The molecule has 0 atom stereocenters. The molecule has 23 heavy (non-hydrogen) atoms. The second-order valence-corrected chi connectivity index (χ2v) is 6.04. The molecule has 0 heterocycles. The second kappa shape index (κ2) is 10.0. The Morgan fingerprint density at radius 2 is 1.87 bits per heavy atom. The zero-order valence-corrected chi connectivity index (χ0v) is 16.5. The highest BCUT2D eigenvalue weighted by molar-refractivity contribution is 9.10. The molecule has 0 unspecified atom stereocenters. The Morgan fingerprint density at radius 1 is 1.26 bits per heavy atom. The molecule has 0 fully saturated rings. The van der Waals surface area contributed by atoms with Crippen LogP contribution in [-0.2, 0) is 11.3 Å². The van der Waals surface area contributed by atoms with E-state index in [0.29, 0.717) is 24.6 Å². The number of carbonyl (C=O) groups is 1. The largest absolute Gasteiger partial charge is 0.493 e. The average molecular weight is 410 g/mol. The van der Waals surface area contributed by atoms with Crippen molar-refractivity contribution in [2.45, 2.75) is 33.2 Å². The lowest BCUT2D eigenvalue weighted by atomic mass is 9.81. The summed E-state index contributed by atoms with van der Waals surface area (Å²) in [4.78, 5) is 12.4. The lowest BCUT2D eigenvalue weighted by Gasteiger charge is -2.28. The van der Waals surface area contributed by atoms with Crippen LogP contribution >= 0.6 is 28.3 Å². The SMILES string of the molecule is CCC(CC)(CN)C(=O)NCc1cc(Br)c(OC)c(OC)c1.Cl. The number of amides is 1. The van der Waals surface area contributed by atoms with Crippen molar-refractivity contribution in [3.63, 3.8) is 0 Å². The quantitative estimate of drug-likeness (QED) is 0.691. The van der Waals surface area contributed by atoms with Crippen LogP contribution in [-0.4, -0.2) is 26.7 Å². The van der Waals surface area contributed by atoms with Gasteiger partial charge < -0.3 is 20.5 Å². The number of hydrogen-bond acceptors (Lipinski definition) is 4. The second-order valence-electron chi connectivity index (χ2n) is 5.19. The van der Waals surface area contributed by atoms with Crippen LogP contribution in [0, 0.1) is 5.41 Å². The van der Waals surface area contributed by atoms with Gasteiger partial charge in [-0.15, -0.1) is 12.4 Å². The van der Waals surface area contributed by atoms with Gasteiger partial charge in [-0.2, -0.15) is 0 Å². The third-order valence-electron chi connectivity index (χ3n) is 4.17. The van der Waals surface area contributed by atoms with Crippen LogP contribution in [0.2, 0.25) is 0 Å². The Bertz CT molecular complexity index is 514. The molecule has 0 aliphatic rings. The first-order valence-electron chi connectivity index (χ1n) is 7.36. The third kappa shape index (κ3) is 4.99. The summed E-state index contributed by atoms with van der Waals surface area (Å²) in [6.45, 7) is 4.74. The van der Waals surface area contributed by atoms with Crippen LogP contribution in [0.1, 0.15) is 32.3 Å². The van der Waals surface area contributed by atoms with Crippen molar-refractivity contribution < 1.29 is 14.3 Å². The van der Waals surface area contributed by atoms with E-state index in [1.807, 2.05) is 26.0 Å². The average Bonchev–Trinajstić information content (AvgIpc) is 2.54. The maximum absolute atomic E-state index is 12.4. The minimum atomic E-state index is -0.492. The van der Waals surface area contributed by atoms with E-state index in [4.69, 9.17) is 15.2 Å². The van der Waals surface area contributed by atoms with Crippen LogP contribution in [0.25, 0.3) is 0 Å². The van der Waals surface area contributed by atoms with Gasteiger partial charge in [-0.1, -0.05) is 13.8 Å². The molecule has 0 saturated carbocycles. The van der Waals surface area contributed by atoms with Gasteiger partial charge in [0.15, 0.2) is 11.5 Å². The molecule has 3 N–H and O–H groups in total. The summed E-state index contributed by atoms with van der Waals surface area (Å²) < 4.78 is 11.4. The maximum atomic E-state index is 12.4. The van der Waals surface area contributed by atoms with E-state index in [0.717, 1.165) is 22.9 Å². The van der Waals surface area contributed by atoms with Crippen molar-refractivity contribution in [1.82, 2.24) is 5.32 Å². The number of nitrogens with one attached hydrogen (secondary N) is 1. The minimum Gasteiger partial charge on any atom is -0.493 e. The van der Waals surface area contributed by atoms with Crippen molar-refractivity contribution in [2.75, 3.05) is 20.8 Å². The van der Waals surface area contributed by atoms with Crippen molar-refractivity contribution >= 4 is 34.2 Å². The maximum Gasteiger partial charge on any atom is 0.227 e. The number of halogens is 2. The zero-order chi connectivity index (χ0) is 16.8. The van der Waals surface area contributed by atoms with E-state index < -0.39 is 5.41 Å². The molecule has 0 saturated heterocycles. The third-order valence-corrected chi connectivity index (χ3v) is 4.76. The first-order chi connectivity index (χ1) is 10.5. The highest BCUT2D eigenvalue weighted by Gasteiger charge is 2.33. The molecular formula is C16H26BrClN2O3. The number of benzene rings is 1. The van der Waals surface area contributed by atoms with E-state index in [2.05, 4.69) is 21.2 Å². The molecule has 1 rings (SSSR count). The van der Waals surface area contributed by atoms with Crippen LogP contribution in [0.3, 0.4) is 0 Å². The Hall–Kier alpha value is -0.980. The van der Waals surface area contributed by atoms with Crippen LogP contribution in [0.5, 0.6) is 11.5 Å². The molecule has 1 aromatic rings. The molecule has 0 aliphatic heterocycles. The molecular weight excluding hydrogens is 384 g/mol. The normalized spacial score (nSPS) is 10.7. The minimum absolute atomic E-state index is 0. The van der Waals surface area contributed by atoms with Crippen molar-refractivity contribution in [2.24, 2.45) is 11.1 Å². The lowest BCUT2D eigenvalue weighted by Crippen LogP contribution is -2.45. The van der Waals surface area contributed by atoms with E-state index in [-0.39, 0.29) is 18.3 Å². The summed E-state index contributed by atoms with van der Waals surface area (Å²) in [5, 5.41) is 2.97. The van der Waals surface area contributed by atoms with Gasteiger partial charge in [0.2, 0.25) is 5.91 Å². The van der Waals surface area contributed by atoms with Gasteiger partial charge in [0.1, 0.15) is 0 Å². The number of nitrogens with two attached hydrogens (primary N) is 1. The molecule has 1 amide bonds. The van der Waals surface area contributed by atoms with Crippen LogP contribution in [0.15, 0.2) is 16.6 Å². The van der Waals surface area contributed by atoms with E-state index >= 15 is 0 Å². The smallest absolute Gasteiger partial charge is 0.227 e. The topological polar surface area (TPSA) is 73.6 Å². The predicted octanol–water partition coefficient (Wildman–Crippen LogP) is 3.27. The Morgan fingerprint density at radius 3 is 2.30 bits per heavy atom. The van der Waals surface area contributed by atoms with E-state index in [9.17, 15) is 4.79 Å². The monoisotopic (exact) mass is 408 g/mol. The Labute approximate surface area is 152 Å². The van der Waals surface area contributed by atoms with Gasteiger partial charge in [0, 0.05) is 13.1 Å². The molecule has 5 nitrogen and oxygen atoms in total. The fourth-order valence-corrected chi connectivity index (χ4v) is 3.05. The summed E-state index contributed by atoms with van der Waals surface area (Å²) >= 11 is 3.45. The van der Waals surface area contributed by atoms with Gasteiger partial charge in [0.05, 0.1) is 24.1 Å². The summed E-state index contributed by atoms with van der Waals surface area (Å²) in [5.41, 5.74) is 6.24. The van der Waals surface area contributed by atoms with E-state index in [1.165, 1.54) is 0 Å². The lowest BCUT2D eigenvalue weighted by molar-refractivity contribution is -0.131. The first-order valence-corrected chi connectivity index (χ1v) is 8.16. The molecule has 132 valence electrons. The van der Waals surface area contributed by atoms with Crippen LogP contribution in [0.4, 0.5) is 0 Å². The van der Waals surface area contributed by atoms with Crippen molar-refractivity contribution in [3.05, 3.63) is 22.2 Å². The Balaban J connectivity index is 0.00000484. The molecule has 0 bridgehead atoms. The fourth-order valence-electron chi connectivity index (χ4n) is 2.40. The van der Waals surface area contributed by atoms with Crippen molar-refractivity contribution in [3.8, 4) is 11.5 Å². The number of hydrogen-bond donors (Lipinski definition) is 2. The molecule has 0 radical (unpaired) electrons. The van der Waals surface area contributed by atoms with Gasteiger partial charge in [0.25, 0.3) is 0 Å². The highest BCUT2D eigenvalue weighted by Crippen LogP contribution is 2.36. The zero-order valence-electron chi connectivity index (χ0n) is 14.1. The molecule has 0 aromatic heterocycles. The highest BCUT2D eigenvalue weighted by atomic mass is 79.9. The molecule has 0 aliphatic carbocycles. The number of ether oxygens (including phenoxy) is 2. The first kappa shape index (κ1) is 22.0. The summed E-state index contributed by atoms with van der Waals surface area (Å²) in [6.07, 6.45) is 1.45. The molecule has 0 spiro atoms. The summed E-state index contributed by atoms with van der Waals surface area (Å²) in [7, 11) is 3.17. The van der Waals surface area contributed by atoms with Gasteiger partial charge in [-0.25, -0.2) is 0 Å². The number of carbonyl (C=O) groups excluding carboxylic acids is 1. The summed E-state index contributed by atoms with van der Waals surface area (Å²) in [6, 6.07) is 3.76. The standard InChI is InChI=1S/C16H25BrN2O3.ClH/c1-5-16(6-2,10-18)15(20)19-9-11-7-12(17)14(22-4)13(8-11)21-3;/h7-8H,5-6,9-10,18H2,1-4H3,(H,19,20);1H. The van der Waals surface area contributed by atoms with Crippen molar-refractivity contribution in [1.29, 1.82) is 0 Å². The predicted molar refractivity (Wildman–Crippen MR) is 98.4 cm³/mol. The van der Waals surface area contributed by atoms with E-state index in [1.54, 1.807) is 14.2 Å².